The predicted molar refractivity (Wildman–Crippen MR) is 103 cm³/mol. The second-order valence-corrected chi connectivity index (χ2v) is 6.85. The molecular formula is C21H25N3O2. The topological polar surface area (TPSA) is 53.5 Å². The van der Waals surface area contributed by atoms with Gasteiger partial charge < -0.3 is 9.80 Å². The van der Waals surface area contributed by atoms with Crippen LogP contribution in [0.25, 0.3) is 0 Å². The van der Waals surface area contributed by atoms with E-state index in [9.17, 15) is 9.59 Å². The van der Waals surface area contributed by atoms with Gasteiger partial charge in [-0.3, -0.25) is 9.59 Å². The zero-order valence-electron chi connectivity index (χ0n) is 15.4. The van der Waals surface area contributed by atoms with Crippen LogP contribution in [0.5, 0.6) is 0 Å². The van der Waals surface area contributed by atoms with Crippen molar-refractivity contribution < 1.29 is 9.59 Å². The van der Waals surface area contributed by atoms with E-state index in [4.69, 9.17) is 0 Å². The smallest absolute Gasteiger partial charge is 0.227 e. The molecule has 26 heavy (non-hydrogen) atoms. The second-order valence-electron chi connectivity index (χ2n) is 6.85. The van der Waals surface area contributed by atoms with Crippen molar-refractivity contribution in [2.24, 2.45) is 0 Å². The highest BCUT2D eigenvalue weighted by atomic mass is 16.2. The van der Waals surface area contributed by atoms with Crippen LogP contribution in [0.3, 0.4) is 0 Å². The first-order chi connectivity index (χ1) is 12.5. The lowest BCUT2D eigenvalue weighted by atomic mass is 10.1. The normalized spacial score (nSPS) is 14.8. The number of rotatable bonds is 4. The van der Waals surface area contributed by atoms with Gasteiger partial charge in [0.05, 0.1) is 6.42 Å². The Kier molecular flexibility index (Phi) is 5.66. The van der Waals surface area contributed by atoms with Crippen molar-refractivity contribution in [1.82, 2.24) is 9.88 Å². The summed E-state index contributed by atoms with van der Waals surface area (Å²) in [5.74, 6) is 1.02. The summed E-state index contributed by atoms with van der Waals surface area (Å²) >= 11 is 0. The summed E-state index contributed by atoms with van der Waals surface area (Å²) in [5, 5.41) is 0. The van der Waals surface area contributed by atoms with E-state index in [1.165, 1.54) is 5.56 Å². The molecule has 1 aliphatic rings. The molecule has 0 radical (unpaired) electrons. The molecule has 136 valence electrons. The van der Waals surface area contributed by atoms with Crippen molar-refractivity contribution in [1.29, 1.82) is 0 Å². The molecule has 1 aromatic heterocycles. The summed E-state index contributed by atoms with van der Waals surface area (Å²) < 4.78 is 0. The molecule has 0 atom stereocenters. The third kappa shape index (κ3) is 4.48. The highest BCUT2D eigenvalue weighted by Gasteiger charge is 2.20. The van der Waals surface area contributed by atoms with Crippen molar-refractivity contribution in [2.45, 2.75) is 26.7 Å². The van der Waals surface area contributed by atoms with Crippen LogP contribution in [0, 0.1) is 6.92 Å². The number of Topliss-reactive ketones (excluding diaryl/α,β-unsaturated/α-hetero) is 1. The Morgan fingerprint density at radius 3 is 2.69 bits per heavy atom. The SMILES string of the molecule is CC(=O)c1ccnc(N2CCCN(C(=O)Cc3cccc(C)c3)CC2)c1. The quantitative estimate of drug-likeness (QED) is 0.795. The van der Waals surface area contributed by atoms with Gasteiger partial charge in [-0.1, -0.05) is 29.8 Å². The Morgan fingerprint density at radius 2 is 1.92 bits per heavy atom. The van der Waals surface area contributed by atoms with Crippen LogP contribution in [0.1, 0.15) is 34.8 Å². The Bertz CT molecular complexity index is 803. The molecular weight excluding hydrogens is 326 g/mol. The zero-order chi connectivity index (χ0) is 18.5. The number of anilines is 1. The third-order valence-corrected chi connectivity index (χ3v) is 4.76. The minimum atomic E-state index is 0.0402. The molecule has 0 spiro atoms. The summed E-state index contributed by atoms with van der Waals surface area (Å²) in [6.45, 7) is 6.61. The molecule has 1 fully saturated rings. The van der Waals surface area contributed by atoms with Gasteiger partial charge in [0, 0.05) is 37.9 Å². The molecule has 2 heterocycles. The lowest BCUT2D eigenvalue weighted by Gasteiger charge is -2.23. The van der Waals surface area contributed by atoms with Gasteiger partial charge in [0.1, 0.15) is 5.82 Å². The van der Waals surface area contributed by atoms with Crippen molar-refractivity contribution in [3.05, 3.63) is 59.3 Å². The minimum Gasteiger partial charge on any atom is -0.355 e. The maximum Gasteiger partial charge on any atom is 0.227 e. The van der Waals surface area contributed by atoms with E-state index in [-0.39, 0.29) is 11.7 Å². The third-order valence-electron chi connectivity index (χ3n) is 4.76. The lowest BCUT2D eigenvalue weighted by Crippen LogP contribution is -2.36. The number of hydrogen-bond donors (Lipinski definition) is 0. The average Bonchev–Trinajstić information content (AvgIpc) is 2.88. The summed E-state index contributed by atoms with van der Waals surface area (Å²) in [6.07, 6.45) is 3.02. The lowest BCUT2D eigenvalue weighted by molar-refractivity contribution is -0.130. The molecule has 1 amide bonds. The van der Waals surface area contributed by atoms with Gasteiger partial charge >= 0.3 is 0 Å². The molecule has 0 unspecified atom stereocenters. The molecule has 0 aliphatic carbocycles. The molecule has 5 nitrogen and oxygen atoms in total. The fourth-order valence-corrected chi connectivity index (χ4v) is 3.31. The Hall–Kier alpha value is -2.69. The number of aryl methyl sites for hydroxylation is 1. The monoisotopic (exact) mass is 351 g/mol. The van der Waals surface area contributed by atoms with Gasteiger partial charge in [-0.15, -0.1) is 0 Å². The Morgan fingerprint density at radius 1 is 1.08 bits per heavy atom. The van der Waals surface area contributed by atoms with Crippen LogP contribution >= 0.6 is 0 Å². The molecule has 5 heteroatoms. The van der Waals surface area contributed by atoms with E-state index in [0.29, 0.717) is 18.5 Å². The predicted octanol–water partition coefficient (Wildman–Crippen LogP) is 2.87. The summed E-state index contributed by atoms with van der Waals surface area (Å²) in [7, 11) is 0. The first kappa shape index (κ1) is 18.1. The van der Waals surface area contributed by atoms with Crippen LogP contribution in [0.15, 0.2) is 42.6 Å². The largest absolute Gasteiger partial charge is 0.355 e. The Labute approximate surface area is 154 Å². The minimum absolute atomic E-state index is 0.0402. The summed E-state index contributed by atoms with van der Waals surface area (Å²) in [6, 6.07) is 11.7. The van der Waals surface area contributed by atoms with Crippen molar-refractivity contribution in [3.8, 4) is 0 Å². The maximum atomic E-state index is 12.7. The molecule has 1 saturated heterocycles. The number of pyridine rings is 1. The second kappa shape index (κ2) is 8.13. The van der Waals surface area contributed by atoms with E-state index in [0.717, 1.165) is 37.4 Å². The van der Waals surface area contributed by atoms with E-state index in [1.54, 1.807) is 19.2 Å². The van der Waals surface area contributed by atoms with Crippen LogP contribution in [-0.2, 0) is 11.2 Å². The fraction of sp³-hybridized carbons (Fsp3) is 0.381. The number of amides is 1. The van der Waals surface area contributed by atoms with Crippen molar-refractivity contribution >= 4 is 17.5 Å². The zero-order valence-corrected chi connectivity index (χ0v) is 15.4. The van der Waals surface area contributed by atoms with Crippen LogP contribution in [0.2, 0.25) is 0 Å². The van der Waals surface area contributed by atoms with Crippen LogP contribution < -0.4 is 4.90 Å². The van der Waals surface area contributed by atoms with Gasteiger partial charge in [-0.25, -0.2) is 4.98 Å². The van der Waals surface area contributed by atoms with Gasteiger partial charge in [-0.05, 0) is 38.0 Å². The van der Waals surface area contributed by atoms with Gasteiger partial charge in [-0.2, -0.15) is 0 Å². The van der Waals surface area contributed by atoms with E-state index in [2.05, 4.69) is 16.0 Å². The molecule has 0 saturated carbocycles. The summed E-state index contributed by atoms with van der Waals surface area (Å²) in [4.78, 5) is 32.8. The summed E-state index contributed by atoms with van der Waals surface area (Å²) in [5.41, 5.74) is 2.91. The van der Waals surface area contributed by atoms with Gasteiger partial charge in [0.2, 0.25) is 5.91 Å². The highest BCUT2D eigenvalue weighted by molar-refractivity contribution is 5.94. The number of hydrogen-bond acceptors (Lipinski definition) is 4. The number of ketones is 1. The number of carbonyl (C=O) groups is 2. The van der Waals surface area contributed by atoms with Gasteiger partial charge in [0.25, 0.3) is 0 Å². The van der Waals surface area contributed by atoms with Gasteiger partial charge in [0.15, 0.2) is 5.78 Å². The molecule has 3 rings (SSSR count). The first-order valence-electron chi connectivity index (χ1n) is 9.08. The van der Waals surface area contributed by atoms with Crippen molar-refractivity contribution in [2.75, 3.05) is 31.1 Å². The van der Waals surface area contributed by atoms with E-state index in [1.807, 2.05) is 36.1 Å². The molecule has 2 aromatic rings. The molecule has 1 aromatic carbocycles. The number of benzene rings is 1. The molecule has 0 bridgehead atoms. The fourth-order valence-electron chi connectivity index (χ4n) is 3.31. The van der Waals surface area contributed by atoms with Crippen molar-refractivity contribution in [3.63, 3.8) is 0 Å². The number of carbonyl (C=O) groups excluding carboxylic acids is 2. The standard InChI is InChI=1S/C21H25N3O2/c1-16-5-3-6-18(13-16)14-21(26)24-10-4-9-23(11-12-24)20-15-19(17(2)25)7-8-22-20/h3,5-8,13,15H,4,9-12,14H2,1-2H3. The number of nitrogens with zero attached hydrogens (tertiary/aromatic N) is 3. The maximum absolute atomic E-state index is 12.7. The Balaban J connectivity index is 1.63. The molecule has 1 aliphatic heterocycles. The average molecular weight is 351 g/mol. The van der Waals surface area contributed by atoms with Crippen LogP contribution in [0.4, 0.5) is 5.82 Å². The molecule has 0 N–H and O–H groups in total. The number of aromatic nitrogens is 1. The highest BCUT2D eigenvalue weighted by Crippen LogP contribution is 2.16. The first-order valence-corrected chi connectivity index (χ1v) is 9.08. The van der Waals surface area contributed by atoms with E-state index < -0.39 is 0 Å². The van der Waals surface area contributed by atoms with E-state index >= 15 is 0 Å². The van der Waals surface area contributed by atoms with Crippen LogP contribution in [-0.4, -0.2) is 47.8 Å².